The maximum atomic E-state index is 11.5. The van der Waals surface area contributed by atoms with E-state index in [1.807, 2.05) is 24.3 Å². The maximum absolute atomic E-state index is 11.5. The number of esters is 1. The minimum absolute atomic E-state index is 0.195. The van der Waals surface area contributed by atoms with Gasteiger partial charge in [0, 0.05) is 0 Å². The van der Waals surface area contributed by atoms with Crippen molar-refractivity contribution in [3.8, 4) is 17.1 Å². The van der Waals surface area contributed by atoms with Crippen LogP contribution in [0.2, 0.25) is 0 Å². The summed E-state index contributed by atoms with van der Waals surface area (Å²) in [5.41, 5.74) is 1.90. The van der Waals surface area contributed by atoms with Crippen molar-refractivity contribution in [3.63, 3.8) is 0 Å². The number of carbonyl (C=O) groups excluding carboxylic acids is 1. The first-order chi connectivity index (χ1) is 7.84. The van der Waals surface area contributed by atoms with Crippen LogP contribution in [-0.4, -0.2) is 5.97 Å². The van der Waals surface area contributed by atoms with Gasteiger partial charge in [0.25, 0.3) is 0 Å². The number of ether oxygens (including phenoxy) is 1. The molecule has 0 fully saturated rings. The van der Waals surface area contributed by atoms with E-state index in [-0.39, 0.29) is 5.97 Å². The third-order valence-electron chi connectivity index (χ3n) is 2.70. The summed E-state index contributed by atoms with van der Waals surface area (Å²) in [4.78, 5) is 11.5. The molecule has 0 radical (unpaired) electrons. The zero-order chi connectivity index (χ0) is 11.0. The van der Waals surface area contributed by atoms with Gasteiger partial charge in [0.05, 0.1) is 18.2 Å². The average Bonchev–Trinajstić information content (AvgIpc) is 2.73. The van der Waals surface area contributed by atoms with Gasteiger partial charge in [0.2, 0.25) is 0 Å². The number of furan rings is 1. The Bertz CT molecular complexity index is 540. The third-order valence-corrected chi connectivity index (χ3v) is 2.70. The molecular weight excluding hydrogens is 204 g/mol. The molecule has 2 heterocycles. The number of fused-ring (bicyclic) bond motifs is 3. The molecule has 3 rings (SSSR count). The number of hydrogen-bond donors (Lipinski definition) is 0. The summed E-state index contributed by atoms with van der Waals surface area (Å²) in [6, 6.07) is 9.34. The lowest BCUT2D eigenvalue weighted by Crippen LogP contribution is -2.11. The second kappa shape index (κ2) is 3.52. The summed E-state index contributed by atoms with van der Waals surface area (Å²) in [7, 11) is 0. The predicted octanol–water partition coefficient (Wildman–Crippen LogP) is 2.80. The lowest BCUT2D eigenvalue weighted by molar-refractivity contribution is -0.134. The number of rotatable bonds is 0. The summed E-state index contributed by atoms with van der Waals surface area (Å²) in [5.74, 6) is 1.19. The normalized spacial score (nSPS) is 14.4. The van der Waals surface area contributed by atoms with Gasteiger partial charge in [-0.1, -0.05) is 12.1 Å². The molecule has 3 heteroatoms. The van der Waals surface area contributed by atoms with E-state index in [9.17, 15) is 4.79 Å². The Morgan fingerprint density at radius 1 is 1.06 bits per heavy atom. The Hall–Kier alpha value is -2.03. The van der Waals surface area contributed by atoms with Gasteiger partial charge in [-0.2, -0.15) is 0 Å². The van der Waals surface area contributed by atoms with E-state index < -0.39 is 0 Å². The fourth-order valence-electron chi connectivity index (χ4n) is 1.92. The van der Waals surface area contributed by atoms with E-state index in [4.69, 9.17) is 9.15 Å². The fraction of sp³-hybridized carbons (Fsp3) is 0.154. The standard InChI is InChI=1S/C13H10O3/c14-12-6-5-9-7-8-15-13(9)10-3-1-2-4-11(10)16-12/h1-4,7-8H,5-6H2. The molecule has 0 atom stereocenters. The minimum Gasteiger partial charge on any atom is -0.464 e. The molecule has 0 bridgehead atoms. The molecule has 0 aliphatic carbocycles. The molecule has 80 valence electrons. The highest BCUT2D eigenvalue weighted by Gasteiger charge is 2.19. The summed E-state index contributed by atoms with van der Waals surface area (Å²) in [6.07, 6.45) is 2.71. The molecule has 0 spiro atoms. The third kappa shape index (κ3) is 1.41. The zero-order valence-corrected chi connectivity index (χ0v) is 8.60. The highest BCUT2D eigenvalue weighted by atomic mass is 16.5. The van der Waals surface area contributed by atoms with Crippen LogP contribution >= 0.6 is 0 Å². The largest absolute Gasteiger partial charge is 0.464 e. The van der Waals surface area contributed by atoms with Gasteiger partial charge in [-0.05, 0) is 30.2 Å². The smallest absolute Gasteiger partial charge is 0.311 e. The van der Waals surface area contributed by atoms with Crippen molar-refractivity contribution in [2.24, 2.45) is 0 Å². The molecule has 0 saturated heterocycles. The van der Waals surface area contributed by atoms with Gasteiger partial charge in [0.15, 0.2) is 0 Å². The first-order valence-corrected chi connectivity index (χ1v) is 5.21. The van der Waals surface area contributed by atoms with Crippen molar-refractivity contribution in [1.29, 1.82) is 0 Å². The number of aryl methyl sites for hydroxylation is 1. The van der Waals surface area contributed by atoms with Crippen LogP contribution in [0.4, 0.5) is 0 Å². The van der Waals surface area contributed by atoms with Crippen molar-refractivity contribution in [2.75, 3.05) is 0 Å². The van der Waals surface area contributed by atoms with Gasteiger partial charge in [-0.25, -0.2) is 0 Å². The molecule has 3 nitrogen and oxygen atoms in total. The maximum Gasteiger partial charge on any atom is 0.311 e. The van der Waals surface area contributed by atoms with E-state index in [0.29, 0.717) is 18.6 Å². The molecule has 0 amide bonds. The van der Waals surface area contributed by atoms with Crippen molar-refractivity contribution in [3.05, 3.63) is 42.2 Å². The van der Waals surface area contributed by atoms with E-state index in [2.05, 4.69) is 0 Å². The molecule has 1 aromatic heterocycles. The van der Waals surface area contributed by atoms with Crippen LogP contribution in [0.5, 0.6) is 5.75 Å². The van der Waals surface area contributed by atoms with Crippen LogP contribution in [0.25, 0.3) is 11.3 Å². The summed E-state index contributed by atoms with van der Waals surface area (Å²) in [6.45, 7) is 0. The molecular formula is C13H10O3. The quantitative estimate of drug-likeness (QED) is 0.500. The Balaban J connectivity index is 2.22. The Morgan fingerprint density at radius 3 is 2.88 bits per heavy atom. The molecule has 16 heavy (non-hydrogen) atoms. The molecule has 0 saturated carbocycles. The summed E-state index contributed by atoms with van der Waals surface area (Å²) >= 11 is 0. The van der Waals surface area contributed by atoms with Gasteiger partial charge < -0.3 is 9.15 Å². The number of para-hydroxylation sites is 1. The van der Waals surface area contributed by atoms with Gasteiger partial charge in [-0.3, -0.25) is 4.79 Å². The van der Waals surface area contributed by atoms with Crippen molar-refractivity contribution in [1.82, 2.24) is 0 Å². The van der Waals surface area contributed by atoms with E-state index in [1.54, 1.807) is 12.3 Å². The van der Waals surface area contributed by atoms with Crippen LogP contribution < -0.4 is 4.74 Å². The van der Waals surface area contributed by atoms with E-state index in [0.717, 1.165) is 16.9 Å². The predicted molar refractivity (Wildman–Crippen MR) is 58.1 cm³/mol. The Kier molecular flexibility index (Phi) is 2.03. The van der Waals surface area contributed by atoms with Crippen molar-refractivity contribution in [2.45, 2.75) is 12.8 Å². The van der Waals surface area contributed by atoms with E-state index in [1.165, 1.54) is 0 Å². The molecule has 1 aromatic carbocycles. The Labute approximate surface area is 92.6 Å². The average molecular weight is 214 g/mol. The summed E-state index contributed by atoms with van der Waals surface area (Å²) < 4.78 is 10.7. The molecule has 1 aliphatic rings. The second-order valence-corrected chi connectivity index (χ2v) is 3.75. The lowest BCUT2D eigenvalue weighted by atomic mass is 10.0. The molecule has 0 N–H and O–H groups in total. The second-order valence-electron chi connectivity index (χ2n) is 3.75. The van der Waals surface area contributed by atoms with Crippen molar-refractivity contribution < 1.29 is 13.9 Å². The van der Waals surface area contributed by atoms with Gasteiger partial charge >= 0.3 is 5.97 Å². The van der Waals surface area contributed by atoms with Gasteiger partial charge in [-0.15, -0.1) is 0 Å². The first-order valence-electron chi connectivity index (χ1n) is 5.21. The number of hydrogen-bond acceptors (Lipinski definition) is 3. The number of benzene rings is 1. The monoisotopic (exact) mass is 214 g/mol. The molecule has 2 aromatic rings. The fourth-order valence-corrected chi connectivity index (χ4v) is 1.92. The lowest BCUT2D eigenvalue weighted by Gasteiger charge is -2.12. The number of carbonyl (C=O) groups is 1. The SMILES string of the molecule is O=C1CCc2ccoc2-c2ccccc2O1. The van der Waals surface area contributed by atoms with Crippen LogP contribution in [0.15, 0.2) is 41.0 Å². The van der Waals surface area contributed by atoms with Crippen LogP contribution in [0.3, 0.4) is 0 Å². The van der Waals surface area contributed by atoms with Gasteiger partial charge in [0.1, 0.15) is 11.5 Å². The van der Waals surface area contributed by atoms with Crippen LogP contribution in [0, 0.1) is 0 Å². The molecule has 1 aliphatic heterocycles. The molecule has 0 unspecified atom stereocenters. The van der Waals surface area contributed by atoms with Crippen LogP contribution in [-0.2, 0) is 11.2 Å². The summed E-state index contributed by atoms with van der Waals surface area (Å²) in [5, 5.41) is 0. The topological polar surface area (TPSA) is 39.4 Å². The highest BCUT2D eigenvalue weighted by Crippen LogP contribution is 2.35. The van der Waals surface area contributed by atoms with Crippen molar-refractivity contribution >= 4 is 5.97 Å². The zero-order valence-electron chi connectivity index (χ0n) is 8.60. The van der Waals surface area contributed by atoms with E-state index >= 15 is 0 Å². The highest BCUT2D eigenvalue weighted by molar-refractivity contribution is 5.79. The minimum atomic E-state index is -0.195. The van der Waals surface area contributed by atoms with Crippen LogP contribution in [0.1, 0.15) is 12.0 Å². The first kappa shape index (κ1) is 9.21. The Morgan fingerprint density at radius 2 is 1.94 bits per heavy atom.